The molecule has 0 aromatic heterocycles. The maximum atomic E-state index is 10.4. The molecule has 0 saturated carbocycles. The van der Waals surface area contributed by atoms with Gasteiger partial charge in [-0.15, -0.1) is 0 Å². The molecule has 12 heteroatoms. The summed E-state index contributed by atoms with van der Waals surface area (Å²) in [5.74, 6) is 0. The zero-order chi connectivity index (χ0) is 22.9. The Bertz CT molecular complexity index is 386. The van der Waals surface area contributed by atoms with Crippen molar-refractivity contribution in [1.29, 1.82) is 0 Å². The molecule has 31 heavy (non-hydrogen) atoms. The van der Waals surface area contributed by atoms with Crippen molar-refractivity contribution in [3.8, 4) is 0 Å². The van der Waals surface area contributed by atoms with Crippen molar-refractivity contribution in [3.05, 3.63) is 0 Å². The van der Waals surface area contributed by atoms with Gasteiger partial charge in [-0.1, -0.05) is 0 Å². The van der Waals surface area contributed by atoms with E-state index in [0.29, 0.717) is 98.3 Å². The van der Waals surface area contributed by atoms with Crippen molar-refractivity contribution in [3.63, 3.8) is 0 Å². The highest BCUT2D eigenvalue weighted by molar-refractivity contribution is 6.60. The van der Waals surface area contributed by atoms with Crippen LogP contribution in [-0.4, -0.2) is 122 Å². The molecule has 0 heterocycles. The van der Waals surface area contributed by atoms with Crippen molar-refractivity contribution in [2.24, 2.45) is 4.99 Å². The fourth-order valence-corrected chi connectivity index (χ4v) is 4.72. The monoisotopic (exact) mass is 469 g/mol. The van der Waals surface area contributed by atoms with Gasteiger partial charge in [0, 0.05) is 27.4 Å². The lowest BCUT2D eigenvalue weighted by Crippen LogP contribution is -2.48. The van der Waals surface area contributed by atoms with Gasteiger partial charge in [-0.05, 0) is 6.42 Å². The molecule has 0 aliphatic carbocycles. The van der Waals surface area contributed by atoms with Gasteiger partial charge in [-0.3, -0.25) is 0 Å². The maximum absolute atomic E-state index is 10.4. The molecule has 0 unspecified atom stereocenters. The standard InChI is InChI=1S/C19H39NO10Si/c1-22-6-9-25-12-15-28-31(18-4-5-20-19-21,29-16-13-26-10-7-23-2)30-17-14-27-11-8-24-3/h4-18H2,1-3H3. The van der Waals surface area contributed by atoms with E-state index in [1.54, 1.807) is 27.4 Å². The average Bonchev–Trinajstić information content (AvgIpc) is 2.78. The molecular weight excluding hydrogens is 430 g/mol. The summed E-state index contributed by atoms with van der Waals surface area (Å²) in [5, 5.41) is 0. The molecule has 0 aromatic rings. The van der Waals surface area contributed by atoms with Gasteiger partial charge in [0.15, 0.2) is 0 Å². The largest absolute Gasteiger partial charge is 0.501 e. The maximum Gasteiger partial charge on any atom is 0.501 e. The molecule has 0 spiro atoms. The summed E-state index contributed by atoms with van der Waals surface area (Å²) in [5.41, 5.74) is 0. The Morgan fingerprint density at radius 1 is 0.613 bits per heavy atom. The first kappa shape index (κ1) is 30.2. The summed E-state index contributed by atoms with van der Waals surface area (Å²) in [7, 11) is 1.77. The van der Waals surface area contributed by atoms with Gasteiger partial charge >= 0.3 is 8.80 Å². The minimum absolute atomic E-state index is 0.307. The second kappa shape index (κ2) is 23.9. The highest BCUT2D eigenvalue weighted by Crippen LogP contribution is 2.18. The van der Waals surface area contributed by atoms with E-state index in [0.717, 1.165) is 0 Å². The average molecular weight is 470 g/mol. The Morgan fingerprint density at radius 3 is 1.35 bits per heavy atom. The van der Waals surface area contributed by atoms with Crippen LogP contribution in [0.25, 0.3) is 0 Å². The highest BCUT2D eigenvalue weighted by Gasteiger charge is 2.40. The number of aliphatic imine (C=N–C) groups is 1. The van der Waals surface area contributed by atoms with Crippen LogP contribution in [0, 0.1) is 0 Å². The number of hydrogen-bond acceptors (Lipinski definition) is 11. The summed E-state index contributed by atoms with van der Waals surface area (Å²) in [6.45, 7) is 5.36. The minimum Gasteiger partial charge on any atom is -0.382 e. The van der Waals surface area contributed by atoms with Crippen LogP contribution in [-0.2, 0) is 46.5 Å². The summed E-state index contributed by atoms with van der Waals surface area (Å²) in [6.07, 6.45) is 2.11. The van der Waals surface area contributed by atoms with Crippen LogP contribution in [0.5, 0.6) is 0 Å². The van der Waals surface area contributed by atoms with Gasteiger partial charge < -0.3 is 41.7 Å². The van der Waals surface area contributed by atoms with Crippen LogP contribution in [0.15, 0.2) is 4.99 Å². The van der Waals surface area contributed by atoms with Crippen LogP contribution >= 0.6 is 0 Å². The SMILES string of the molecule is COCCOCCO[Si](CCCN=C=O)(OCCOCCOC)OCCOCCOC. The van der Waals surface area contributed by atoms with Crippen molar-refractivity contribution in [2.45, 2.75) is 12.5 Å². The normalized spacial score (nSPS) is 11.6. The lowest BCUT2D eigenvalue weighted by Gasteiger charge is -2.29. The van der Waals surface area contributed by atoms with Crippen molar-refractivity contribution in [1.82, 2.24) is 0 Å². The molecule has 0 aliphatic rings. The molecule has 0 rings (SSSR count). The molecule has 0 saturated heterocycles. The third-order valence-corrected chi connectivity index (χ3v) is 6.66. The van der Waals surface area contributed by atoms with Crippen LogP contribution < -0.4 is 0 Å². The first-order valence-corrected chi connectivity index (χ1v) is 12.3. The van der Waals surface area contributed by atoms with E-state index >= 15 is 0 Å². The molecule has 0 aromatic carbocycles. The lowest BCUT2D eigenvalue weighted by atomic mass is 10.5. The summed E-state index contributed by atoms with van der Waals surface area (Å²) >= 11 is 0. The van der Waals surface area contributed by atoms with E-state index in [1.807, 2.05) is 0 Å². The molecule has 0 fully saturated rings. The molecule has 11 nitrogen and oxygen atoms in total. The zero-order valence-corrected chi connectivity index (χ0v) is 20.1. The molecular formula is C19H39NO10Si. The Balaban J connectivity index is 4.73. The second-order valence-corrected chi connectivity index (χ2v) is 8.85. The third kappa shape index (κ3) is 19.6. The van der Waals surface area contributed by atoms with Crippen LogP contribution in [0.4, 0.5) is 0 Å². The molecule has 0 bridgehead atoms. The van der Waals surface area contributed by atoms with E-state index < -0.39 is 8.80 Å². The van der Waals surface area contributed by atoms with E-state index in [-0.39, 0.29) is 0 Å². The lowest BCUT2D eigenvalue weighted by molar-refractivity contribution is -0.0111. The van der Waals surface area contributed by atoms with E-state index in [1.165, 1.54) is 0 Å². The molecule has 184 valence electrons. The number of hydrogen-bond donors (Lipinski definition) is 0. The predicted molar refractivity (Wildman–Crippen MR) is 114 cm³/mol. The first-order valence-electron chi connectivity index (χ1n) is 10.4. The number of rotatable bonds is 25. The fraction of sp³-hybridized carbons (Fsp3) is 0.947. The number of methoxy groups -OCH3 is 3. The topological polar surface area (TPSA) is 113 Å². The Morgan fingerprint density at radius 2 is 1.00 bits per heavy atom. The van der Waals surface area contributed by atoms with E-state index in [2.05, 4.69) is 4.99 Å². The molecule has 0 aliphatic heterocycles. The quantitative estimate of drug-likeness (QED) is 0.0819. The smallest absolute Gasteiger partial charge is 0.382 e. The van der Waals surface area contributed by atoms with Crippen LogP contribution in [0.1, 0.15) is 6.42 Å². The minimum atomic E-state index is -3.07. The van der Waals surface area contributed by atoms with Crippen molar-refractivity contribution >= 4 is 14.9 Å². The highest BCUT2D eigenvalue weighted by atomic mass is 28.4. The van der Waals surface area contributed by atoms with E-state index in [9.17, 15) is 4.79 Å². The summed E-state index contributed by atoms with van der Waals surface area (Å²) in [6, 6.07) is 0.492. The Kier molecular flexibility index (Phi) is 23.3. The molecule has 0 N–H and O–H groups in total. The van der Waals surface area contributed by atoms with Crippen molar-refractivity contribution in [2.75, 3.05) is 107 Å². The van der Waals surface area contributed by atoms with Gasteiger partial charge in [0.2, 0.25) is 6.08 Å². The number of nitrogens with zero attached hydrogens (tertiary/aromatic N) is 1. The second-order valence-electron chi connectivity index (χ2n) is 6.12. The predicted octanol–water partition coefficient (Wildman–Crippen LogP) is 0.690. The number of isocyanates is 1. The van der Waals surface area contributed by atoms with Crippen LogP contribution in [0.2, 0.25) is 6.04 Å². The van der Waals surface area contributed by atoms with Gasteiger partial charge in [0.05, 0.1) is 85.8 Å². The van der Waals surface area contributed by atoms with Gasteiger partial charge in [0.1, 0.15) is 0 Å². The first-order chi connectivity index (χ1) is 15.2. The van der Waals surface area contributed by atoms with Gasteiger partial charge in [-0.25, -0.2) is 9.79 Å². The summed E-state index contributed by atoms with van der Waals surface area (Å²) in [4.78, 5) is 14.0. The van der Waals surface area contributed by atoms with Gasteiger partial charge in [0.25, 0.3) is 0 Å². The zero-order valence-electron chi connectivity index (χ0n) is 19.1. The molecule has 0 amide bonds. The number of carbonyl (C=O) groups excluding carboxylic acids is 1. The number of ether oxygens (including phenoxy) is 6. The fourth-order valence-electron chi connectivity index (χ4n) is 2.26. The van der Waals surface area contributed by atoms with Crippen LogP contribution in [0.3, 0.4) is 0 Å². The van der Waals surface area contributed by atoms with Crippen molar-refractivity contribution < 1.29 is 46.5 Å². The van der Waals surface area contributed by atoms with E-state index in [4.69, 9.17) is 41.7 Å². The summed E-state index contributed by atoms with van der Waals surface area (Å²) < 4.78 is 49.5. The Labute approximate surface area is 186 Å². The third-order valence-electron chi connectivity index (χ3n) is 3.76. The molecule has 0 atom stereocenters. The molecule has 0 radical (unpaired) electrons. The van der Waals surface area contributed by atoms with Gasteiger partial charge in [-0.2, -0.15) is 0 Å². The Hall–Kier alpha value is -0.763.